The van der Waals surface area contributed by atoms with E-state index in [1.807, 2.05) is 19.9 Å². The van der Waals surface area contributed by atoms with Gasteiger partial charge in [-0.05, 0) is 43.5 Å². The Labute approximate surface area is 102 Å². The Morgan fingerprint density at radius 3 is 2.53 bits per heavy atom. The second-order valence-corrected chi connectivity index (χ2v) is 4.58. The van der Waals surface area contributed by atoms with Gasteiger partial charge in [0.05, 0.1) is 5.56 Å². The van der Waals surface area contributed by atoms with Crippen LogP contribution in [-0.2, 0) is 0 Å². The number of hydrogen-bond donors (Lipinski definition) is 1. The van der Waals surface area contributed by atoms with Crippen LogP contribution in [0.25, 0.3) is 0 Å². The molecule has 0 aliphatic rings. The van der Waals surface area contributed by atoms with E-state index in [1.54, 1.807) is 6.92 Å². The molecule has 0 saturated heterocycles. The molecular formula is C14H20FNO. The van der Waals surface area contributed by atoms with Gasteiger partial charge in [-0.3, -0.25) is 4.79 Å². The van der Waals surface area contributed by atoms with Gasteiger partial charge in [0.2, 0.25) is 0 Å². The molecule has 0 bridgehead atoms. The van der Waals surface area contributed by atoms with Gasteiger partial charge in [0.1, 0.15) is 5.82 Å². The predicted molar refractivity (Wildman–Crippen MR) is 67.7 cm³/mol. The topological polar surface area (TPSA) is 43.1 Å². The molecule has 0 heterocycles. The van der Waals surface area contributed by atoms with E-state index in [0.717, 1.165) is 12.0 Å². The van der Waals surface area contributed by atoms with Crippen molar-refractivity contribution in [1.82, 2.24) is 0 Å². The number of aryl methyl sites for hydroxylation is 2. The highest BCUT2D eigenvalue weighted by atomic mass is 19.1. The summed E-state index contributed by atoms with van der Waals surface area (Å²) in [4.78, 5) is 12.0. The molecule has 0 aliphatic heterocycles. The smallest absolute Gasteiger partial charge is 0.166 e. The van der Waals surface area contributed by atoms with Gasteiger partial charge in [-0.25, -0.2) is 4.39 Å². The van der Waals surface area contributed by atoms with Gasteiger partial charge in [-0.2, -0.15) is 0 Å². The summed E-state index contributed by atoms with van der Waals surface area (Å²) in [6.45, 7) is 6.05. The molecule has 1 rings (SSSR count). The lowest BCUT2D eigenvalue weighted by atomic mass is 9.93. The molecule has 0 amide bonds. The first kappa shape index (κ1) is 13.8. The molecule has 1 aromatic rings. The average molecular weight is 237 g/mol. The number of nitrogens with two attached hydrogens (primary N) is 1. The van der Waals surface area contributed by atoms with E-state index in [9.17, 15) is 9.18 Å². The van der Waals surface area contributed by atoms with Crippen molar-refractivity contribution in [1.29, 1.82) is 0 Å². The summed E-state index contributed by atoms with van der Waals surface area (Å²) >= 11 is 0. The highest BCUT2D eigenvalue weighted by molar-refractivity contribution is 5.97. The maximum Gasteiger partial charge on any atom is 0.166 e. The third-order valence-electron chi connectivity index (χ3n) is 3.10. The molecule has 0 aromatic heterocycles. The number of hydrogen-bond acceptors (Lipinski definition) is 2. The van der Waals surface area contributed by atoms with Crippen molar-refractivity contribution in [3.8, 4) is 0 Å². The SMILES string of the molecule is CCC(CN)CC(=O)c1c(C)cc(C)cc1F. The van der Waals surface area contributed by atoms with E-state index in [2.05, 4.69) is 0 Å². The van der Waals surface area contributed by atoms with Gasteiger partial charge in [0.25, 0.3) is 0 Å². The minimum atomic E-state index is -0.417. The minimum Gasteiger partial charge on any atom is -0.330 e. The second kappa shape index (κ2) is 5.92. The van der Waals surface area contributed by atoms with Gasteiger partial charge >= 0.3 is 0 Å². The molecule has 1 aromatic carbocycles. The molecule has 0 aliphatic carbocycles. The maximum atomic E-state index is 13.8. The number of benzene rings is 1. The largest absolute Gasteiger partial charge is 0.330 e. The first-order valence-corrected chi connectivity index (χ1v) is 5.99. The lowest BCUT2D eigenvalue weighted by Gasteiger charge is -2.13. The zero-order chi connectivity index (χ0) is 13.0. The van der Waals surface area contributed by atoms with Crippen LogP contribution in [0, 0.1) is 25.6 Å². The summed E-state index contributed by atoms with van der Waals surface area (Å²) < 4.78 is 13.8. The van der Waals surface area contributed by atoms with Crippen molar-refractivity contribution in [2.45, 2.75) is 33.6 Å². The summed E-state index contributed by atoms with van der Waals surface area (Å²) in [5.41, 5.74) is 7.33. The van der Waals surface area contributed by atoms with E-state index in [4.69, 9.17) is 5.73 Å². The molecule has 0 spiro atoms. The normalized spacial score (nSPS) is 12.5. The molecule has 0 radical (unpaired) electrons. The molecule has 0 saturated carbocycles. The van der Waals surface area contributed by atoms with Crippen LogP contribution in [0.1, 0.15) is 41.3 Å². The van der Waals surface area contributed by atoms with E-state index >= 15 is 0 Å². The summed E-state index contributed by atoms with van der Waals surface area (Å²) in [7, 11) is 0. The van der Waals surface area contributed by atoms with Crippen molar-refractivity contribution in [2.24, 2.45) is 11.7 Å². The van der Waals surface area contributed by atoms with Crippen LogP contribution < -0.4 is 5.73 Å². The van der Waals surface area contributed by atoms with E-state index in [0.29, 0.717) is 18.5 Å². The highest BCUT2D eigenvalue weighted by Crippen LogP contribution is 2.20. The van der Waals surface area contributed by atoms with Crippen LogP contribution >= 0.6 is 0 Å². The Morgan fingerprint density at radius 1 is 1.41 bits per heavy atom. The molecule has 0 fully saturated rings. The van der Waals surface area contributed by atoms with Crippen molar-refractivity contribution in [3.05, 3.63) is 34.6 Å². The lowest BCUT2D eigenvalue weighted by molar-refractivity contribution is 0.0956. The molecule has 2 nitrogen and oxygen atoms in total. The zero-order valence-corrected chi connectivity index (χ0v) is 10.7. The van der Waals surface area contributed by atoms with Gasteiger partial charge in [0, 0.05) is 6.42 Å². The number of rotatable bonds is 5. The number of ketones is 1. The summed E-state index contributed by atoms with van der Waals surface area (Å²) in [5, 5.41) is 0. The molecule has 2 N–H and O–H groups in total. The number of carbonyl (C=O) groups excluding carboxylic acids is 1. The van der Waals surface area contributed by atoms with Gasteiger partial charge in [-0.15, -0.1) is 0 Å². The molecule has 1 unspecified atom stereocenters. The quantitative estimate of drug-likeness (QED) is 0.800. The van der Waals surface area contributed by atoms with Crippen molar-refractivity contribution in [3.63, 3.8) is 0 Å². The average Bonchev–Trinajstić information content (AvgIpc) is 2.24. The number of halogens is 1. The Bertz CT molecular complexity index is 388. The molecule has 17 heavy (non-hydrogen) atoms. The minimum absolute atomic E-state index is 0.141. The fourth-order valence-corrected chi connectivity index (χ4v) is 2.03. The third kappa shape index (κ3) is 3.37. The fraction of sp³-hybridized carbons (Fsp3) is 0.500. The third-order valence-corrected chi connectivity index (χ3v) is 3.10. The molecule has 3 heteroatoms. The maximum absolute atomic E-state index is 13.8. The Hall–Kier alpha value is -1.22. The summed E-state index contributed by atoms with van der Waals surface area (Å²) in [6, 6.07) is 3.24. The monoisotopic (exact) mass is 237 g/mol. The van der Waals surface area contributed by atoms with Crippen LogP contribution in [0.2, 0.25) is 0 Å². The fourth-order valence-electron chi connectivity index (χ4n) is 2.03. The van der Waals surface area contributed by atoms with Crippen LogP contribution in [0.3, 0.4) is 0 Å². The van der Waals surface area contributed by atoms with Gasteiger partial charge < -0.3 is 5.73 Å². The van der Waals surface area contributed by atoms with Crippen molar-refractivity contribution in [2.75, 3.05) is 6.54 Å². The second-order valence-electron chi connectivity index (χ2n) is 4.58. The summed E-state index contributed by atoms with van der Waals surface area (Å²) in [6.07, 6.45) is 1.17. The predicted octanol–water partition coefficient (Wildman–Crippen LogP) is 3.00. The van der Waals surface area contributed by atoms with Crippen molar-refractivity contribution < 1.29 is 9.18 Å². The van der Waals surface area contributed by atoms with Gasteiger partial charge in [-0.1, -0.05) is 19.4 Å². The molecule has 1 atom stereocenters. The van der Waals surface area contributed by atoms with Crippen LogP contribution in [-0.4, -0.2) is 12.3 Å². The molecular weight excluding hydrogens is 217 g/mol. The van der Waals surface area contributed by atoms with E-state index in [1.165, 1.54) is 6.07 Å². The van der Waals surface area contributed by atoms with Crippen LogP contribution in [0.4, 0.5) is 4.39 Å². The van der Waals surface area contributed by atoms with E-state index < -0.39 is 5.82 Å². The van der Waals surface area contributed by atoms with Crippen LogP contribution in [0.15, 0.2) is 12.1 Å². The first-order chi connectivity index (χ1) is 7.99. The number of carbonyl (C=O) groups is 1. The highest BCUT2D eigenvalue weighted by Gasteiger charge is 2.18. The van der Waals surface area contributed by atoms with Crippen LogP contribution in [0.5, 0.6) is 0 Å². The number of Topliss-reactive ketones (excluding diaryl/α,β-unsaturated/α-hetero) is 1. The van der Waals surface area contributed by atoms with Gasteiger partial charge in [0.15, 0.2) is 5.78 Å². The van der Waals surface area contributed by atoms with Crippen molar-refractivity contribution >= 4 is 5.78 Å². The Kier molecular flexibility index (Phi) is 4.82. The Balaban J connectivity index is 2.96. The van der Waals surface area contributed by atoms with E-state index in [-0.39, 0.29) is 17.3 Å². The molecule has 94 valence electrons. The standard InChI is InChI=1S/C14H20FNO/c1-4-11(8-16)7-13(17)14-10(3)5-9(2)6-12(14)15/h5-6,11H,4,7-8,16H2,1-3H3. The first-order valence-electron chi connectivity index (χ1n) is 5.99. The Morgan fingerprint density at radius 2 is 2.06 bits per heavy atom. The summed E-state index contributed by atoms with van der Waals surface area (Å²) in [5.74, 6) is -0.417. The lowest BCUT2D eigenvalue weighted by Crippen LogP contribution is -2.18. The zero-order valence-electron chi connectivity index (χ0n) is 10.7.